The lowest BCUT2D eigenvalue weighted by Gasteiger charge is -2.27. The number of aryl methyl sites for hydroxylation is 2. The molecular formula is C15H28BrN3. The Labute approximate surface area is 126 Å². The van der Waals surface area contributed by atoms with E-state index < -0.39 is 0 Å². The fourth-order valence-corrected chi connectivity index (χ4v) is 2.89. The largest absolute Gasteiger partial charge is 0.314 e. The lowest BCUT2D eigenvalue weighted by Crippen LogP contribution is -2.35. The summed E-state index contributed by atoms with van der Waals surface area (Å²) in [5.41, 5.74) is 2.73. The third kappa shape index (κ3) is 4.60. The molecule has 0 amide bonds. The van der Waals surface area contributed by atoms with E-state index in [1.54, 1.807) is 0 Å². The van der Waals surface area contributed by atoms with Gasteiger partial charge in [0.05, 0.1) is 15.9 Å². The van der Waals surface area contributed by atoms with Crippen molar-refractivity contribution in [2.24, 2.45) is 5.41 Å². The van der Waals surface area contributed by atoms with E-state index >= 15 is 0 Å². The van der Waals surface area contributed by atoms with Gasteiger partial charge in [0.2, 0.25) is 0 Å². The summed E-state index contributed by atoms with van der Waals surface area (Å²) in [5, 5.41) is 8.21. The zero-order valence-electron chi connectivity index (χ0n) is 13.2. The molecule has 0 aliphatic heterocycles. The van der Waals surface area contributed by atoms with E-state index in [2.05, 4.69) is 72.6 Å². The van der Waals surface area contributed by atoms with E-state index in [0.717, 1.165) is 25.9 Å². The van der Waals surface area contributed by atoms with Crippen molar-refractivity contribution in [3.8, 4) is 0 Å². The first kappa shape index (κ1) is 16.7. The Hall–Kier alpha value is -0.350. The SMILES string of the molecule is CCc1nn(CC)c(CC(C)(C)CNC(C)C)c1Br. The molecule has 0 bridgehead atoms. The number of halogens is 1. The second kappa shape index (κ2) is 6.89. The van der Waals surface area contributed by atoms with Crippen LogP contribution >= 0.6 is 15.9 Å². The van der Waals surface area contributed by atoms with Crippen molar-refractivity contribution in [1.29, 1.82) is 0 Å². The van der Waals surface area contributed by atoms with E-state index in [1.165, 1.54) is 15.9 Å². The summed E-state index contributed by atoms with van der Waals surface area (Å²) < 4.78 is 3.34. The zero-order chi connectivity index (χ0) is 14.6. The Bertz CT molecular complexity index is 408. The molecule has 1 rings (SSSR count). The molecule has 0 spiro atoms. The molecule has 0 fully saturated rings. The molecule has 0 aromatic carbocycles. The molecule has 0 unspecified atom stereocenters. The van der Waals surface area contributed by atoms with Crippen molar-refractivity contribution in [1.82, 2.24) is 15.1 Å². The van der Waals surface area contributed by atoms with Crippen molar-refractivity contribution >= 4 is 15.9 Å². The molecule has 0 saturated carbocycles. The molecule has 0 aliphatic rings. The van der Waals surface area contributed by atoms with Crippen LogP contribution in [0.3, 0.4) is 0 Å². The van der Waals surface area contributed by atoms with Crippen LogP contribution in [-0.4, -0.2) is 22.4 Å². The van der Waals surface area contributed by atoms with Crippen LogP contribution < -0.4 is 5.32 Å². The van der Waals surface area contributed by atoms with Crippen molar-refractivity contribution in [3.63, 3.8) is 0 Å². The van der Waals surface area contributed by atoms with Crippen LogP contribution in [0.2, 0.25) is 0 Å². The highest BCUT2D eigenvalue weighted by atomic mass is 79.9. The van der Waals surface area contributed by atoms with Crippen LogP contribution in [0.25, 0.3) is 0 Å². The van der Waals surface area contributed by atoms with Gasteiger partial charge in [-0.3, -0.25) is 4.68 Å². The third-order valence-corrected chi connectivity index (χ3v) is 4.24. The monoisotopic (exact) mass is 329 g/mol. The molecule has 1 N–H and O–H groups in total. The second-order valence-electron chi connectivity index (χ2n) is 6.25. The number of nitrogens with zero attached hydrogens (tertiary/aromatic N) is 2. The number of hydrogen-bond acceptors (Lipinski definition) is 2. The van der Waals surface area contributed by atoms with Crippen LogP contribution in [0.4, 0.5) is 0 Å². The minimum absolute atomic E-state index is 0.227. The molecule has 110 valence electrons. The molecule has 3 nitrogen and oxygen atoms in total. The van der Waals surface area contributed by atoms with E-state index in [9.17, 15) is 0 Å². The Morgan fingerprint density at radius 1 is 1.32 bits per heavy atom. The van der Waals surface area contributed by atoms with E-state index in [4.69, 9.17) is 0 Å². The molecule has 0 aliphatic carbocycles. The van der Waals surface area contributed by atoms with Gasteiger partial charge in [0, 0.05) is 19.1 Å². The zero-order valence-corrected chi connectivity index (χ0v) is 14.8. The summed E-state index contributed by atoms with van der Waals surface area (Å²) in [6.07, 6.45) is 2.01. The van der Waals surface area contributed by atoms with Gasteiger partial charge in [0.15, 0.2) is 0 Å². The summed E-state index contributed by atoms with van der Waals surface area (Å²) in [4.78, 5) is 0. The number of rotatable bonds is 7. The quantitative estimate of drug-likeness (QED) is 0.824. The van der Waals surface area contributed by atoms with Crippen molar-refractivity contribution in [2.75, 3.05) is 6.54 Å². The summed E-state index contributed by atoms with van der Waals surface area (Å²) in [6.45, 7) is 15.3. The maximum atomic E-state index is 4.68. The molecule has 1 aromatic heterocycles. The number of nitrogens with one attached hydrogen (secondary N) is 1. The van der Waals surface area contributed by atoms with Gasteiger partial charge in [0.1, 0.15) is 0 Å². The van der Waals surface area contributed by atoms with Crippen LogP contribution in [0.15, 0.2) is 4.47 Å². The lowest BCUT2D eigenvalue weighted by molar-refractivity contribution is 0.316. The van der Waals surface area contributed by atoms with Crippen molar-refractivity contribution in [3.05, 3.63) is 15.9 Å². The molecule has 1 heterocycles. The summed E-state index contributed by atoms with van der Waals surface area (Å²) in [5.74, 6) is 0. The van der Waals surface area contributed by atoms with E-state index in [1.807, 2.05) is 0 Å². The summed E-state index contributed by atoms with van der Waals surface area (Å²) >= 11 is 3.73. The van der Waals surface area contributed by atoms with Gasteiger partial charge in [-0.2, -0.15) is 5.10 Å². The molecule has 1 aromatic rings. The molecule has 4 heteroatoms. The van der Waals surface area contributed by atoms with Crippen LogP contribution in [0.1, 0.15) is 52.9 Å². The number of hydrogen-bond donors (Lipinski definition) is 1. The maximum Gasteiger partial charge on any atom is 0.0766 e. The second-order valence-corrected chi connectivity index (χ2v) is 7.05. The Morgan fingerprint density at radius 2 is 1.95 bits per heavy atom. The van der Waals surface area contributed by atoms with Crippen molar-refractivity contribution in [2.45, 2.75) is 67.0 Å². The molecule has 0 radical (unpaired) electrons. The fraction of sp³-hybridized carbons (Fsp3) is 0.800. The average molecular weight is 330 g/mol. The molecular weight excluding hydrogens is 302 g/mol. The highest BCUT2D eigenvalue weighted by Gasteiger charge is 2.24. The maximum absolute atomic E-state index is 4.68. The third-order valence-electron chi connectivity index (χ3n) is 3.33. The minimum atomic E-state index is 0.227. The van der Waals surface area contributed by atoms with Crippen LogP contribution in [-0.2, 0) is 19.4 Å². The molecule has 0 atom stereocenters. The van der Waals surface area contributed by atoms with Gasteiger partial charge in [-0.05, 0) is 41.1 Å². The van der Waals surface area contributed by atoms with Crippen molar-refractivity contribution < 1.29 is 0 Å². The van der Waals surface area contributed by atoms with Gasteiger partial charge in [-0.25, -0.2) is 0 Å². The predicted molar refractivity (Wildman–Crippen MR) is 85.6 cm³/mol. The first-order valence-electron chi connectivity index (χ1n) is 7.28. The van der Waals surface area contributed by atoms with E-state index in [0.29, 0.717) is 6.04 Å². The minimum Gasteiger partial charge on any atom is -0.314 e. The summed E-state index contributed by atoms with van der Waals surface area (Å²) in [7, 11) is 0. The summed E-state index contributed by atoms with van der Waals surface area (Å²) in [6, 6.07) is 0.532. The highest BCUT2D eigenvalue weighted by molar-refractivity contribution is 9.10. The highest BCUT2D eigenvalue weighted by Crippen LogP contribution is 2.29. The van der Waals surface area contributed by atoms with Gasteiger partial charge in [-0.1, -0.05) is 34.6 Å². The van der Waals surface area contributed by atoms with E-state index in [-0.39, 0.29) is 5.41 Å². The van der Waals surface area contributed by atoms with Gasteiger partial charge < -0.3 is 5.32 Å². The van der Waals surface area contributed by atoms with Gasteiger partial charge in [0.25, 0.3) is 0 Å². The lowest BCUT2D eigenvalue weighted by atomic mass is 9.87. The number of aromatic nitrogens is 2. The normalized spacial score (nSPS) is 12.4. The van der Waals surface area contributed by atoms with Gasteiger partial charge in [-0.15, -0.1) is 0 Å². The Morgan fingerprint density at radius 3 is 2.42 bits per heavy atom. The average Bonchev–Trinajstić information content (AvgIpc) is 2.63. The predicted octanol–water partition coefficient (Wildman–Crippen LogP) is 3.79. The first-order chi connectivity index (χ1) is 8.80. The standard InChI is InChI=1S/C15H28BrN3/c1-7-12-14(16)13(19(8-2)18-12)9-15(5,6)10-17-11(3)4/h11,17H,7-10H2,1-6H3. The topological polar surface area (TPSA) is 29.9 Å². The Kier molecular flexibility index (Phi) is 6.06. The molecule has 0 saturated heterocycles. The van der Waals surface area contributed by atoms with Crippen LogP contribution in [0.5, 0.6) is 0 Å². The fourth-order valence-electron chi connectivity index (χ4n) is 2.18. The smallest absolute Gasteiger partial charge is 0.0766 e. The molecule has 19 heavy (non-hydrogen) atoms. The Balaban J connectivity index is 2.88. The van der Waals surface area contributed by atoms with Gasteiger partial charge >= 0.3 is 0 Å². The first-order valence-corrected chi connectivity index (χ1v) is 8.07. The van der Waals surface area contributed by atoms with Crippen LogP contribution in [0, 0.1) is 5.41 Å².